The second-order valence-electron chi connectivity index (χ2n) is 5.43. The Morgan fingerprint density at radius 2 is 2.11 bits per heavy atom. The zero-order chi connectivity index (χ0) is 12.5. The van der Waals surface area contributed by atoms with E-state index in [0.29, 0.717) is 6.04 Å². The van der Waals surface area contributed by atoms with Crippen LogP contribution in [0.4, 0.5) is 5.82 Å². The molecule has 1 fully saturated rings. The normalized spacial score (nSPS) is 18.3. The summed E-state index contributed by atoms with van der Waals surface area (Å²) in [6.07, 6.45) is 7.06. The van der Waals surface area contributed by atoms with Gasteiger partial charge in [0.1, 0.15) is 12.1 Å². The topological polar surface area (TPSA) is 42.2 Å². The fourth-order valence-electron chi connectivity index (χ4n) is 2.97. The van der Waals surface area contributed by atoms with E-state index in [4.69, 9.17) is 0 Å². The van der Waals surface area contributed by atoms with Crippen LogP contribution in [0.5, 0.6) is 0 Å². The van der Waals surface area contributed by atoms with Crippen LogP contribution in [0.3, 0.4) is 0 Å². The average molecular weight is 244 g/mol. The smallest absolute Gasteiger partial charge is 0.157 e. The van der Waals surface area contributed by atoms with Gasteiger partial charge < -0.3 is 5.32 Å². The maximum absolute atomic E-state index is 4.28. The van der Waals surface area contributed by atoms with Gasteiger partial charge >= 0.3 is 0 Å². The molecule has 96 valence electrons. The number of aryl methyl sites for hydroxylation is 1. The fraction of sp³-hybridized carbons (Fsp3) is 0.571. The van der Waals surface area contributed by atoms with Crippen molar-refractivity contribution in [2.75, 3.05) is 5.32 Å². The molecule has 0 radical (unpaired) electrons. The van der Waals surface area contributed by atoms with Gasteiger partial charge in [0.25, 0.3) is 0 Å². The highest BCUT2D eigenvalue weighted by molar-refractivity contribution is 5.51. The Bertz CT molecular complexity index is 540. The summed E-state index contributed by atoms with van der Waals surface area (Å²) in [6.45, 7) is 4.38. The number of anilines is 1. The molecule has 2 aromatic heterocycles. The molecule has 1 aliphatic carbocycles. The third kappa shape index (κ3) is 2.07. The molecular formula is C14H20N4. The van der Waals surface area contributed by atoms with Gasteiger partial charge in [0.15, 0.2) is 5.65 Å². The van der Waals surface area contributed by atoms with E-state index in [9.17, 15) is 0 Å². The first-order chi connectivity index (χ1) is 8.74. The number of hydrogen-bond acceptors (Lipinski definition) is 3. The van der Waals surface area contributed by atoms with Crippen molar-refractivity contribution >= 4 is 11.5 Å². The summed E-state index contributed by atoms with van der Waals surface area (Å²) in [6, 6.07) is 4.70. The molecule has 0 saturated heterocycles. The first-order valence-electron chi connectivity index (χ1n) is 6.81. The van der Waals surface area contributed by atoms with Crippen LogP contribution in [0, 0.1) is 12.8 Å². The van der Waals surface area contributed by atoms with E-state index in [0.717, 1.165) is 17.4 Å². The molecule has 4 nitrogen and oxygen atoms in total. The minimum Gasteiger partial charge on any atom is -0.367 e. The lowest BCUT2D eigenvalue weighted by atomic mass is 10.00. The molecule has 3 rings (SSSR count). The van der Waals surface area contributed by atoms with E-state index < -0.39 is 0 Å². The van der Waals surface area contributed by atoms with E-state index in [-0.39, 0.29) is 0 Å². The van der Waals surface area contributed by atoms with Crippen molar-refractivity contribution in [2.45, 2.75) is 45.6 Å². The SMILES string of the molecule is Cc1cc(NC(C)C2CCCC2)n2ncnc2c1. The van der Waals surface area contributed by atoms with E-state index in [1.807, 2.05) is 4.52 Å². The van der Waals surface area contributed by atoms with Gasteiger partial charge in [-0.2, -0.15) is 9.61 Å². The third-order valence-corrected chi connectivity index (χ3v) is 4.01. The molecule has 1 aliphatic rings. The van der Waals surface area contributed by atoms with Crippen molar-refractivity contribution in [1.29, 1.82) is 0 Å². The Labute approximate surface area is 107 Å². The van der Waals surface area contributed by atoms with Crippen molar-refractivity contribution < 1.29 is 0 Å². The number of hydrogen-bond donors (Lipinski definition) is 1. The number of aromatic nitrogens is 3. The van der Waals surface area contributed by atoms with Gasteiger partial charge in [-0.15, -0.1) is 0 Å². The predicted octanol–water partition coefficient (Wildman–Crippen LogP) is 3.03. The molecule has 2 heterocycles. The zero-order valence-corrected chi connectivity index (χ0v) is 11.1. The molecule has 0 spiro atoms. The van der Waals surface area contributed by atoms with Gasteiger partial charge in [-0.1, -0.05) is 12.8 Å². The average Bonchev–Trinajstić information content (AvgIpc) is 2.98. The van der Waals surface area contributed by atoms with Crippen LogP contribution in [0.15, 0.2) is 18.5 Å². The minimum atomic E-state index is 0.502. The van der Waals surface area contributed by atoms with Gasteiger partial charge in [0.05, 0.1) is 0 Å². The van der Waals surface area contributed by atoms with Gasteiger partial charge in [-0.05, 0) is 50.3 Å². The molecule has 2 aromatic rings. The molecule has 1 unspecified atom stereocenters. The number of fused-ring (bicyclic) bond motifs is 1. The lowest BCUT2D eigenvalue weighted by molar-refractivity contribution is 0.480. The second kappa shape index (κ2) is 4.59. The van der Waals surface area contributed by atoms with Crippen LogP contribution >= 0.6 is 0 Å². The maximum Gasteiger partial charge on any atom is 0.157 e. The molecule has 1 N–H and O–H groups in total. The van der Waals surface area contributed by atoms with Crippen LogP contribution in [0.25, 0.3) is 5.65 Å². The standard InChI is InChI=1S/C14H20N4/c1-10-7-13-15-9-16-18(13)14(8-10)17-11(2)12-5-3-4-6-12/h7-9,11-12,17H,3-6H2,1-2H3. The molecule has 0 bridgehead atoms. The largest absolute Gasteiger partial charge is 0.367 e. The highest BCUT2D eigenvalue weighted by atomic mass is 15.3. The third-order valence-electron chi connectivity index (χ3n) is 4.01. The van der Waals surface area contributed by atoms with Crippen molar-refractivity contribution in [3.63, 3.8) is 0 Å². The van der Waals surface area contributed by atoms with Crippen LogP contribution in [0.2, 0.25) is 0 Å². The van der Waals surface area contributed by atoms with E-state index >= 15 is 0 Å². The molecule has 1 atom stereocenters. The summed E-state index contributed by atoms with van der Waals surface area (Å²) in [5, 5.41) is 7.90. The van der Waals surface area contributed by atoms with Crippen LogP contribution < -0.4 is 5.32 Å². The molecule has 0 aliphatic heterocycles. The second-order valence-corrected chi connectivity index (χ2v) is 5.43. The van der Waals surface area contributed by atoms with E-state index in [2.05, 4.69) is 41.4 Å². The lowest BCUT2D eigenvalue weighted by Crippen LogP contribution is -2.25. The van der Waals surface area contributed by atoms with Crippen LogP contribution in [0.1, 0.15) is 38.2 Å². The number of nitrogens with one attached hydrogen (secondary N) is 1. The van der Waals surface area contributed by atoms with Crippen molar-refractivity contribution in [3.8, 4) is 0 Å². The Balaban J connectivity index is 1.86. The van der Waals surface area contributed by atoms with E-state index in [1.54, 1.807) is 6.33 Å². The molecule has 4 heteroatoms. The van der Waals surface area contributed by atoms with Crippen molar-refractivity contribution in [3.05, 3.63) is 24.0 Å². The fourth-order valence-corrected chi connectivity index (χ4v) is 2.97. The van der Waals surface area contributed by atoms with Gasteiger partial charge in [0, 0.05) is 6.04 Å². The van der Waals surface area contributed by atoms with Gasteiger partial charge in [0.2, 0.25) is 0 Å². The molecule has 0 aromatic carbocycles. The monoisotopic (exact) mass is 244 g/mol. The first-order valence-corrected chi connectivity index (χ1v) is 6.81. The summed E-state index contributed by atoms with van der Waals surface area (Å²) < 4.78 is 1.89. The Kier molecular flexibility index (Phi) is 2.94. The minimum absolute atomic E-state index is 0.502. The summed E-state index contributed by atoms with van der Waals surface area (Å²) >= 11 is 0. The Morgan fingerprint density at radius 1 is 1.33 bits per heavy atom. The van der Waals surface area contributed by atoms with Crippen molar-refractivity contribution in [2.24, 2.45) is 5.92 Å². The molecule has 18 heavy (non-hydrogen) atoms. The summed E-state index contributed by atoms with van der Waals surface area (Å²) in [7, 11) is 0. The van der Waals surface area contributed by atoms with Gasteiger partial charge in [-0.3, -0.25) is 0 Å². The van der Waals surface area contributed by atoms with Crippen molar-refractivity contribution in [1.82, 2.24) is 14.6 Å². The molecular weight excluding hydrogens is 224 g/mol. The maximum atomic E-state index is 4.28. The quantitative estimate of drug-likeness (QED) is 0.902. The highest BCUT2D eigenvalue weighted by Gasteiger charge is 2.22. The molecule has 1 saturated carbocycles. The Hall–Kier alpha value is -1.58. The number of nitrogens with zero attached hydrogens (tertiary/aromatic N) is 3. The van der Waals surface area contributed by atoms with Crippen LogP contribution in [-0.4, -0.2) is 20.6 Å². The van der Waals surface area contributed by atoms with Crippen LogP contribution in [-0.2, 0) is 0 Å². The highest BCUT2D eigenvalue weighted by Crippen LogP contribution is 2.29. The summed E-state index contributed by atoms with van der Waals surface area (Å²) in [5.74, 6) is 1.85. The first kappa shape index (κ1) is 11.5. The lowest BCUT2D eigenvalue weighted by Gasteiger charge is -2.22. The van der Waals surface area contributed by atoms with E-state index in [1.165, 1.54) is 31.2 Å². The molecule has 0 amide bonds. The number of pyridine rings is 1. The predicted molar refractivity (Wildman–Crippen MR) is 72.8 cm³/mol. The number of rotatable bonds is 3. The summed E-state index contributed by atoms with van der Waals surface area (Å²) in [5.41, 5.74) is 2.13. The Morgan fingerprint density at radius 3 is 2.89 bits per heavy atom. The zero-order valence-electron chi connectivity index (χ0n) is 11.1. The summed E-state index contributed by atoms with van der Waals surface area (Å²) in [4.78, 5) is 4.26. The van der Waals surface area contributed by atoms with Gasteiger partial charge in [-0.25, -0.2) is 4.98 Å².